The summed E-state index contributed by atoms with van der Waals surface area (Å²) in [7, 11) is -6.08. The van der Waals surface area contributed by atoms with E-state index < -0.39 is 61.7 Å². The maximum absolute atomic E-state index is 12.2. The zero-order valence-electron chi connectivity index (χ0n) is 25.8. The molecule has 0 aromatic heterocycles. The van der Waals surface area contributed by atoms with Crippen molar-refractivity contribution in [3.05, 3.63) is 71.8 Å². The van der Waals surface area contributed by atoms with Crippen LogP contribution in [0.5, 0.6) is 0 Å². The molecule has 0 heterocycles. The number of carbonyl (C=O) groups excluding carboxylic acids is 4. The van der Waals surface area contributed by atoms with E-state index in [-0.39, 0.29) is 17.7 Å². The maximum Gasteiger partial charge on any atom is 0.380 e. The van der Waals surface area contributed by atoms with Gasteiger partial charge in [0.2, 0.25) is 0 Å². The molecule has 0 bridgehead atoms. The summed E-state index contributed by atoms with van der Waals surface area (Å²) >= 11 is 0. The molecule has 0 aliphatic rings. The molecule has 42 heavy (non-hydrogen) atoms. The van der Waals surface area contributed by atoms with E-state index in [4.69, 9.17) is 22.4 Å². The van der Waals surface area contributed by atoms with E-state index in [2.05, 4.69) is 19.6 Å². The Bertz CT molecular complexity index is 1130. The highest BCUT2D eigenvalue weighted by Gasteiger charge is 2.37. The zero-order chi connectivity index (χ0) is 32.0. The van der Waals surface area contributed by atoms with Gasteiger partial charge in [-0.15, -0.1) is 0 Å². The first-order chi connectivity index (χ1) is 19.4. The van der Waals surface area contributed by atoms with Crippen LogP contribution in [0.3, 0.4) is 0 Å². The number of hydrogen-bond donors (Lipinski definition) is 1. The maximum atomic E-state index is 12.2. The highest BCUT2D eigenvalue weighted by molar-refractivity contribution is 6.85. The normalized spacial score (nSPS) is 12.4. The summed E-state index contributed by atoms with van der Waals surface area (Å²) in [5.74, 6) is -3.81. The monoisotopic (exact) mass is 636 g/mol. The summed E-state index contributed by atoms with van der Waals surface area (Å²) in [6.07, 6.45) is -0.287. The minimum Gasteiger partial charge on any atom is -0.456 e. The van der Waals surface area contributed by atoms with E-state index in [1.54, 1.807) is 49.5 Å². The quantitative estimate of drug-likeness (QED) is 0.0947. The Hall–Kier alpha value is -2.79. The van der Waals surface area contributed by atoms with Gasteiger partial charge < -0.3 is 27.2 Å². The van der Waals surface area contributed by atoms with Crippen molar-refractivity contribution in [3.63, 3.8) is 0 Å². The minimum absolute atomic E-state index is 0.0749. The highest BCUT2D eigenvalue weighted by atomic mass is 28.5. The number of Topliss-reactive ketones (excluding diaryl/α,β-unsaturated/α-hetero) is 2. The standard InChI is InChI=1S/C22H22O7.C7H22O3Si3/c1-2-13-27-14-18(29-22(26)20(24)17-11-7-4-8-12-17)15-28-21(25)19(23)16-9-5-3-6-10-16;1-11(2,3)9-13(6,7)10-12(4,5)8/h3-12,18H,2,13-15H2,1H3;8H,1-7H3. The van der Waals surface area contributed by atoms with Crippen LogP contribution in [0, 0.1) is 0 Å². The summed E-state index contributed by atoms with van der Waals surface area (Å²) in [6.45, 7) is 15.8. The number of ether oxygens (including phenoxy) is 3. The van der Waals surface area contributed by atoms with Crippen LogP contribution in [-0.2, 0) is 32.0 Å². The van der Waals surface area contributed by atoms with E-state index >= 15 is 0 Å². The second kappa shape index (κ2) is 17.4. The lowest BCUT2D eigenvalue weighted by atomic mass is 10.1. The van der Waals surface area contributed by atoms with Gasteiger partial charge in [-0.2, -0.15) is 0 Å². The molecule has 13 heteroatoms. The molecule has 2 rings (SSSR count). The van der Waals surface area contributed by atoms with Crippen molar-refractivity contribution < 1.29 is 46.4 Å². The molecular formula is C29H44O10Si3. The van der Waals surface area contributed by atoms with E-state index in [9.17, 15) is 24.0 Å². The van der Waals surface area contributed by atoms with Gasteiger partial charge >= 0.3 is 29.1 Å². The molecule has 0 aliphatic carbocycles. The van der Waals surface area contributed by atoms with Crippen LogP contribution in [0.1, 0.15) is 34.1 Å². The summed E-state index contributed by atoms with van der Waals surface area (Å²) in [4.78, 5) is 58.0. The summed E-state index contributed by atoms with van der Waals surface area (Å²) in [6, 6.07) is 15.9. The SMILES string of the molecule is CCCOCC(COC(=O)C(=O)c1ccccc1)OC(=O)C(=O)c1ccccc1.C[Si](C)(C)O[Si](C)(C)O[Si](C)(C)O. The molecule has 0 saturated heterocycles. The average Bonchev–Trinajstić information content (AvgIpc) is 2.89. The zero-order valence-corrected chi connectivity index (χ0v) is 28.8. The Morgan fingerprint density at radius 3 is 1.62 bits per heavy atom. The fraction of sp³-hybridized carbons (Fsp3) is 0.448. The van der Waals surface area contributed by atoms with Gasteiger partial charge in [-0.05, 0) is 52.2 Å². The lowest BCUT2D eigenvalue weighted by molar-refractivity contribution is -0.156. The van der Waals surface area contributed by atoms with Crippen molar-refractivity contribution >= 4 is 48.9 Å². The predicted molar refractivity (Wildman–Crippen MR) is 166 cm³/mol. The Labute approximate surface area is 251 Å². The van der Waals surface area contributed by atoms with E-state index in [0.29, 0.717) is 6.61 Å². The first-order valence-corrected chi connectivity index (χ1v) is 22.8. The molecule has 2 aromatic carbocycles. The summed E-state index contributed by atoms with van der Waals surface area (Å²) in [5, 5.41) is 0. The predicted octanol–water partition coefficient (Wildman–Crippen LogP) is 4.88. The molecule has 0 amide bonds. The van der Waals surface area contributed by atoms with Crippen molar-refractivity contribution in [2.75, 3.05) is 19.8 Å². The molecule has 0 fully saturated rings. The van der Waals surface area contributed by atoms with E-state index in [1.807, 2.05) is 20.0 Å². The van der Waals surface area contributed by atoms with Gasteiger partial charge in [0.15, 0.2) is 14.4 Å². The number of rotatable bonds is 15. The molecule has 1 atom stereocenters. The second-order valence-electron chi connectivity index (χ2n) is 11.3. The van der Waals surface area contributed by atoms with Gasteiger partial charge in [0.1, 0.15) is 6.61 Å². The van der Waals surface area contributed by atoms with Crippen LogP contribution in [-0.4, -0.2) is 79.7 Å². The topological polar surface area (TPSA) is 135 Å². The minimum atomic E-state index is -2.43. The van der Waals surface area contributed by atoms with Gasteiger partial charge in [0, 0.05) is 17.7 Å². The molecule has 2 aromatic rings. The number of carbonyl (C=O) groups is 4. The first-order valence-electron chi connectivity index (χ1n) is 13.7. The molecule has 1 N–H and O–H groups in total. The third-order valence-electron chi connectivity index (χ3n) is 4.82. The van der Waals surface area contributed by atoms with Crippen molar-refractivity contribution in [1.29, 1.82) is 0 Å². The van der Waals surface area contributed by atoms with Crippen LogP contribution in [0.25, 0.3) is 0 Å². The van der Waals surface area contributed by atoms with Crippen molar-refractivity contribution in [3.8, 4) is 0 Å². The fourth-order valence-electron chi connectivity index (χ4n) is 3.69. The molecule has 0 spiro atoms. The number of hydrogen-bond acceptors (Lipinski definition) is 10. The highest BCUT2D eigenvalue weighted by Crippen LogP contribution is 2.18. The van der Waals surface area contributed by atoms with Crippen LogP contribution >= 0.6 is 0 Å². The Morgan fingerprint density at radius 2 is 1.19 bits per heavy atom. The number of ketones is 2. The first kappa shape index (κ1) is 37.2. The largest absolute Gasteiger partial charge is 0.456 e. The van der Waals surface area contributed by atoms with Gasteiger partial charge in [-0.1, -0.05) is 67.6 Å². The number of esters is 2. The van der Waals surface area contributed by atoms with E-state index in [0.717, 1.165) is 6.42 Å². The third-order valence-corrected chi connectivity index (χ3v) is 13.2. The molecule has 10 nitrogen and oxygen atoms in total. The molecule has 0 saturated carbocycles. The summed E-state index contributed by atoms with van der Waals surface area (Å²) < 4.78 is 27.0. The van der Waals surface area contributed by atoms with Crippen LogP contribution in [0.2, 0.25) is 45.8 Å². The Kier molecular flexibility index (Phi) is 15.4. The summed E-state index contributed by atoms with van der Waals surface area (Å²) in [5.41, 5.74) is 0.370. The van der Waals surface area contributed by atoms with Crippen LogP contribution in [0.4, 0.5) is 0 Å². The third kappa shape index (κ3) is 16.0. The van der Waals surface area contributed by atoms with Crippen molar-refractivity contribution in [2.24, 2.45) is 0 Å². The van der Waals surface area contributed by atoms with Gasteiger partial charge in [-0.3, -0.25) is 9.59 Å². The van der Waals surface area contributed by atoms with E-state index in [1.165, 1.54) is 24.3 Å². The molecular weight excluding hydrogens is 593 g/mol. The van der Waals surface area contributed by atoms with Gasteiger partial charge in [0.05, 0.1) is 6.61 Å². The van der Waals surface area contributed by atoms with Gasteiger partial charge in [-0.25, -0.2) is 9.59 Å². The fourth-order valence-corrected chi connectivity index (χ4v) is 14.9. The smallest absolute Gasteiger partial charge is 0.380 e. The molecule has 1 unspecified atom stereocenters. The van der Waals surface area contributed by atoms with Crippen LogP contribution < -0.4 is 0 Å². The van der Waals surface area contributed by atoms with Crippen molar-refractivity contribution in [2.45, 2.75) is 65.3 Å². The Morgan fingerprint density at radius 1 is 0.714 bits per heavy atom. The van der Waals surface area contributed by atoms with Gasteiger partial charge in [0.25, 0.3) is 11.6 Å². The number of benzene rings is 2. The molecule has 0 aliphatic heterocycles. The van der Waals surface area contributed by atoms with Crippen LogP contribution in [0.15, 0.2) is 60.7 Å². The Balaban J connectivity index is 0.000000572. The molecule has 232 valence electrons. The second-order valence-corrected chi connectivity index (χ2v) is 22.8. The average molecular weight is 637 g/mol. The lowest BCUT2D eigenvalue weighted by Gasteiger charge is -2.34. The van der Waals surface area contributed by atoms with Crippen molar-refractivity contribution in [1.82, 2.24) is 0 Å². The molecule has 0 radical (unpaired) electrons. The lowest BCUT2D eigenvalue weighted by Crippen LogP contribution is -2.51.